The first-order valence-corrected chi connectivity index (χ1v) is 6.58. The van der Waals surface area contributed by atoms with Crippen LogP contribution in [0.2, 0.25) is 5.02 Å². The van der Waals surface area contributed by atoms with Gasteiger partial charge in [0.05, 0.1) is 22.3 Å². The van der Waals surface area contributed by atoms with Crippen LogP contribution in [0.25, 0.3) is 10.9 Å². The largest absolute Gasteiger partial charge is 0.478 e. The molecule has 0 bridgehead atoms. The fraction of sp³-hybridized carbons (Fsp3) is 0.0667. The fourth-order valence-electron chi connectivity index (χ4n) is 2.04. The second-order valence-corrected chi connectivity index (χ2v) is 4.98. The highest BCUT2D eigenvalue weighted by Gasteiger charge is 2.06. The Labute approximate surface area is 125 Å². The van der Waals surface area contributed by atoms with Gasteiger partial charge in [0.25, 0.3) is 0 Å². The molecule has 5 nitrogen and oxygen atoms in total. The molecule has 3 aromatic rings. The summed E-state index contributed by atoms with van der Waals surface area (Å²) < 4.78 is 0. The van der Waals surface area contributed by atoms with Gasteiger partial charge in [-0.05, 0) is 24.3 Å². The maximum atomic E-state index is 11.0. The number of carbonyl (C=O) groups is 1. The first-order valence-electron chi connectivity index (χ1n) is 6.20. The zero-order chi connectivity index (χ0) is 14.8. The van der Waals surface area contributed by atoms with Gasteiger partial charge in [-0.2, -0.15) is 0 Å². The minimum atomic E-state index is -0.971. The van der Waals surface area contributed by atoms with Crippen molar-refractivity contribution in [1.29, 1.82) is 0 Å². The minimum Gasteiger partial charge on any atom is -0.478 e. The van der Waals surface area contributed by atoms with E-state index in [1.54, 1.807) is 18.5 Å². The van der Waals surface area contributed by atoms with E-state index >= 15 is 0 Å². The molecule has 0 radical (unpaired) electrons. The molecular weight excluding hydrogens is 290 g/mol. The molecule has 0 spiro atoms. The summed E-state index contributed by atoms with van der Waals surface area (Å²) in [6.45, 7) is 0. The van der Waals surface area contributed by atoms with Crippen molar-refractivity contribution in [1.82, 2.24) is 15.0 Å². The lowest BCUT2D eigenvalue weighted by atomic mass is 10.1. The fourth-order valence-corrected chi connectivity index (χ4v) is 2.21. The van der Waals surface area contributed by atoms with Gasteiger partial charge in [0.1, 0.15) is 0 Å². The monoisotopic (exact) mass is 299 g/mol. The third-order valence-electron chi connectivity index (χ3n) is 3.02. The molecule has 1 N–H and O–H groups in total. The number of carboxylic acids is 1. The highest BCUT2D eigenvalue weighted by molar-refractivity contribution is 6.31. The van der Waals surface area contributed by atoms with Crippen LogP contribution in [-0.4, -0.2) is 26.0 Å². The van der Waals surface area contributed by atoms with Crippen molar-refractivity contribution < 1.29 is 9.90 Å². The number of halogens is 1. The quantitative estimate of drug-likeness (QED) is 0.804. The van der Waals surface area contributed by atoms with Gasteiger partial charge < -0.3 is 5.11 Å². The molecule has 104 valence electrons. The van der Waals surface area contributed by atoms with Gasteiger partial charge in [-0.25, -0.2) is 4.79 Å². The summed E-state index contributed by atoms with van der Waals surface area (Å²) in [7, 11) is 0. The maximum Gasteiger partial charge on any atom is 0.335 e. The predicted molar refractivity (Wildman–Crippen MR) is 78.6 cm³/mol. The Balaban J connectivity index is 1.94. The summed E-state index contributed by atoms with van der Waals surface area (Å²) in [6.07, 6.45) is 5.17. The van der Waals surface area contributed by atoms with E-state index in [9.17, 15) is 4.79 Å². The van der Waals surface area contributed by atoms with Crippen molar-refractivity contribution in [2.45, 2.75) is 6.42 Å². The standard InChI is InChI=1S/C15H10ClN3O2/c16-11-3-10-5-13(18-8-14(10)19-7-11)6-12-4-9(15(20)21)1-2-17-12/h1-5,7-8H,6H2,(H,20,21). The number of rotatable bonds is 3. The van der Waals surface area contributed by atoms with E-state index in [1.165, 1.54) is 12.3 Å². The Morgan fingerprint density at radius 2 is 1.90 bits per heavy atom. The highest BCUT2D eigenvalue weighted by Crippen LogP contribution is 2.18. The molecule has 0 amide bonds. The van der Waals surface area contributed by atoms with Crippen molar-refractivity contribution in [3.8, 4) is 0 Å². The van der Waals surface area contributed by atoms with E-state index in [0.29, 0.717) is 17.1 Å². The van der Waals surface area contributed by atoms with Gasteiger partial charge in [-0.3, -0.25) is 15.0 Å². The molecule has 0 aromatic carbocycles. The van der Waals surface area contributed by atoms with Crippen LogP contribution in [-0.2, 0) is 6.42 Å². The first-order chi connectivity index (χ1) is 10.1. The average Bonchev–Trinajstić information content (AvgIpc) is 2.47. The molecule has 6 heteroatoms. The third kappa shape index (κ3) is 2.98. The molecular formula is C15H10ClN3O2. The molecule has 3 heterocycles. The number of pyridine rings is 3. The Morgan fingerprint density at radius 3 is 2.71 bits per heavy atom. The molecule has 0 aliphatic heterocycles. The summed E-state index contributed by atoms with van der Waals surface area (Å²) in [5.74, 6) is -0.971. The molecule has 0 aliphatic carbocycles. The molecule has 21 heavy (non-hydrogen) atoms. The van der Waals surface area contributed by atoms with Crippen LogP contribution >= 0.6 is 11.6 Å². The van der Waals surface area contributed by atoms with E-state index in [4.69, 9.17) is 16.7 Å². The molecule has 3 rings (SSSR count). The van der Waals surface area contributed by atoms with Crippen LogP contribution in [0.5, 0.6) is 0 Å². The number of aromatic nitrogens is 3. The van der Waals surface area contributed by atoms with Crippen LogP contribution in [0.4, 0.5) is 0 Å². The molecule has 0 saturated carbocycles. The van der Waals surface area contributed by atoms with Crippen LogP contribution in [0.1, 0.15) is 21.7 Å². The van der Waals surface area contributed by atoms with Gasteiger partial charge in [0.2, 0.25) is 0 Å². The van der Waals surface area contributed by atoms with E-state index in [0.717, 1.165) is 16.6 Å². The van der Waals surface area contributed by atoms with Gasteiger partial charge in [-0.1, -0.05) is 11.6 Å². The lowest BCUT2D eigenvalue weighted by Crippen LogP contribution is -2.01. The average molecular weight is 300 g/mol. The molecule has 0 fully saturated rings. The number of hydrogen-bond acceptors (Lipinski definition) is 4. The molecule has 3 aromatic heterocycles. The normalized spacial score (nSPS) is 10.7. The zero-order valence-electron chi connectivity index (χ0n) is 10.8. The first kappa shape index (κ1) is 13.5. The van der Waals surface area contributed by atoms with Crippen LogP contribution < -0.4 is 0 Å². The van der Waals surface area contributed by atoms with E-state index in [2.05, 4.69) is 15.0 Å². The lowest BCUT2D eigenvalue weighted by molar-refractivity contribution is 0.0696. The Kier molecular flexibility index (Phi) is 3.50. The molecule has 0 unspecified atom stereocenters. The van der Waals surface area contributed by atoms with Gasteiger partial charge in [0.15, 0.2) is 0 Å². The summed E-state index contributed by atoms with van der Waals surface area (Å²) in [4.78, 5) is 23.6. The van der Waals surface area contributed by atoms with E-state index in [1.807, 2.05) is 12.1 Å². The summed E-state index contributed by atoms with van der Waals surface area (Å²) in [5.41, 5.74) is 2.40. The number of carboxylic acid groups (broad SMARTS) is 1. The van der Waals surface area contributed by atoms with Crippen LogP contribution in [0.3, 0.4) is 0 Å². The second kappa shape index (κ2) is 5.46. The van der Waals surface area contributed by atoms with E-state index in [-0.39, 0.29) is 5.56 Å². The van der Waals surface area contributed by atoms with Gasteiger partial charge in [-0.15, -0.1) is 0 Å². The van der Waals surface area contributed by atoms with Crippen molar-refractivity contribution >= 4 is 28.5 Å². The van der Waals surface area contributed by atoms with Gasteiger partial charge >= 0.3 is 5.97 Å². The maximum absolute atomic E-state index is 11.0. The number of nitrogens with zero attached hydrogens (tertiary/aromatic N) is 3. The zero-order valence-corrected chi connectivity index (χ0v) is 11.6. The van der Waals surface area contributed by atoms with Crippen LogP contribution in [0, 0.1) is 0 Å². The third-order valence-corrected chi connectivity index (χ3v) is 3.22. The number of aromatic carboxylic acids is 1. The predicted octanol–water partition coefficient (Wildman–Crippen LogP) is 2.97. The summed E-state index contributed by atoms with van der Waals surface area (Å²) >= 11 is 5.93. The van der Waals surface area contributed by atoms with Crippen molar-refractivity contribution in [3.63, 3.8) is 0 Å². The SMILES string of the molecule is O=C(O)c1ccnc(Cc2cc3cc(Cl)cnc3cn2)c1. The van der Waals surface area contributed by atoms with Crippen molar-refractivity contribution in [2.24, 2.45) is 0 Å². The topological polar surface area (TPSA) is 76.0 Å². The molecule has 0 aliphatic rings. The summed E-state index contributed by atoms with van der Waals surface area (Å²) in [5, 5.41) is 10.4. The van der Waals surface area contributed by atoms with Crippen LogP contribution in [0.15, 0.2) is 42.9 Å². The molecule has 0 saturated heterocycles. The smallest absolute Gasteiger partial charge is 0.335 e. The van der Waals surface area contributed by atoms with Crippen molar-refractivity contribution in [3.05, 3.63) is 64.8 Å². The number of hydrogen-bond donors (Lipinski definition) is 1. The lowest BCUT2D eigenvalue weighted by Gasteiger charge is -2.04. The Hall–Kier alpha value is -2.53. The van der Waals surface area contributed by atoms with Gasteiger partial charge in [0, 0.05) is 35.6 Å². The number of fused-ring (bicyclic) bond motifs is 1. The molecule has 0 atom stereocenters. The second-order valence-electron chi connectivity index (χ2n) is 4.54. The Bertz CT molecular complexity index is 836. The highest BCUT2D eigenvalue weighted by atomic mass is 35.5. The minimum absolute atomic E-state index is 0.213. The van der Waals surface area contributed by atoms with E-state index < -0.39 is 5.97 Å². The summed E-state index contributed by atoms with van der Waals surface area (Å²) in [6, 6.07) is 6.70. The Morgan fingerprint density at radius 1 is 1.10 bits per heavy atom. The van der Waals surface area contributed by atoms with Crippen molar-refractivity contribution in [2.75, 3.05) is 0 Å².